The van der Waals surface area contributed by atoms with Gasteiger partial charge < -0.3 is 9.73 Å². The van der Waals surface area contributed by atoms with Crippen molar-refractivity contribution >= 4 is 33.1 Å². The minimum Gasteiger partial charge on any atom is -0.461 e. The zero-order valence-electron chi connectivity index (χ0n) is 17.9. The summed E-state index contributed by atoms with van der Waals surface area (Å²) in [6, 6.07) is 11.1. The molecule has 5 rings (SSSR count). The molecule has 176 valence electrons. The van der Waals surface area contributed by atoms with Crippen LogP contribution < -0.4 is 5.32 Å². The molecular weight excluding hydrogens is 467 g/mol. The quantitative estimate of drug-likeness (QED) is 0.483. The number of aryl methyl sites for hydroxylation is 1. The average Bonchev–Trinajstić information content (AvgIpc) is 3.30. The molecule has 0 atom stereocenters. The Morgan fingerprint density at radius 3 is 2.50 bits per heavy atom. The van der Waals surface area contributed by atoms with Gasteiger partial charge in [0.2, 0.25) is 0 Å². The standard InChI is InChI=1S/C25H20F3NO4S/c26-25(27,28)15-10-11-21-18(12-15)19(24(30)29-21)13-23-20(17-8-4-5-9-22(17)33-23)14-34(31,32)16-6-2-1-3-7-16/h1-3,6-7,10-13H,4-5,8-9,14H2,(H,29,30). The van der Waals surface area contributed by atoms with Gasteiger partial charge in [0, 0.05) is 23.2 Å². The van der Waals surface area contributed by atoms with E-state index in [1.807, 2.05) is 0 Å². The van der Waals surface area contributed by atoms with Crippen molar-refractivity contribution in [3.63, 3.8) is 0 Å². The van der Waals surface area contributed by atoms with E-state index in [1.54, 1.807) is 18.2 Å². The van der Waals surface area contributed by atoms with Gasteiger partial charge in [-0.2, -0.15) is 13.2 Å². The average molecular weight is 487 g/mol. The lowest BCUT2D eigenvalue weighted by atomic mass is 9.94. The highest BCUT2D eigenvalue weighted by Gasteiger charge is 2.34. The number of furan rings is 1. The number of amides is 1. The number of halogens is 3. The van der Waals surface area contributed by atoms with E-state index in [2.05, 4.69) is 5.32 Å². The summed E-state index contributed by atoms with van der Waals surface area (Å²) < 4.78 is 72.0. The molecule has 0 unspecified atom stereocenters. The molecule has 1 amide bonds. The van der Waals surface area contributed by atoms with Crippen LogP contribution in [0.1, 0.15) is 46.6 Å². The summed E-state index contributed by atoms with van der Waals surface area (Å²) in [4.78, 5) is 12.8. The van der Waals surface area contributed by atoms with Crippen LogP contribution in [0.2, 0.25) is 0 Å². The summed E-state index contributed by atoms with van der Waals surface area (Å²) in [7, 11) is -3.71. The highest BCUT2D eigenvalue weighted by Crippen LogP contribution is 2.40. The number of fused-ring (bicyclic) bond motifs is 2. The molecule has 0 fully saturated rings. The number of carbonyl (C=O) groups excluding carboxylic acids is 1. The first-order chi connectivity index (χ1) is 16.1. The number of carbonyl (C=O) groups is 1. The molecule has 34 heavy (non-hydrogen) atoms. The zero-order valence-corrected chi connectivity index (χ0v) is 18.7. The number of hydrogen-bond donors (Lipinski definition) is 1. The summed E-state index contributed by atoms with van der Waals surface area (Å²) in [5.41, 5.74) is 0.759. The van der Waals surface area contributed by atoms with Crippen molar-refractivity contribution in [2.45, 2.75) is 42.5 Å². The fraction of sp³-hybridized carbons (Fsp3) is 0.240. The third kappa shape index (κ3) is 4.04. The molecule has 3 aromatic rings. The normalized spacial score (nSPS) is 16.9. The van der Waals surface area contributed by atoms with E-state index >= 15 is 0 Å². The van der Waals surface area contributed by atoms with E-state index in [1.165, 1.54) is 24.3 Å². The first-order valence-corrected chi connectivity index (χ1v) is 12.4. The smallest absolute Gasteiger partial charge is 0.416 e. The second-order valence-electron chi connectivity index (χ2n) is 8.40. The Hall–Kier alpha value is -3.33. The molecular formula is C25H20F3NO4S. The van der Waals surface area contributed by atoms with E-state index in [-0.39, 0.29) is 33.2 Å². The topological polar surface area (TPSA) is 76.4 Å². The van der Waals surface area contributed by atoms with Crippen LogP contribution in [0.5, 0.6) is 0 Å². The fourth-order valence-electron chi connectivity index (χ4n) is 4.47. The second kappa shape index (κ2) is 8.16. The number of benzene rings is 2. The van der Waals surface area contributed by atoms with Crippen LogP contribution in [0, 0.1) is 0 Å². The van der Waals surface area contributed by atoms with E-state index in [0.717, 1.165) is 30.5 Å². The first-order valence-electron chi connectivity index (χ1n) is 10.8. The molecule has 1 N–H and O–H groups in total. The number of anilines is 1. The molecule has 9 heteroatoms. The van der Waals surface area contributed by atoms with Crippen LogP contribution in [0.4, 0.5) is 18.9 Å². The zero-order chi connectivity index (χ0) is 24.1. The largest absolute Gasteiger partial charge is 0.461 e. The van der Waals surface area contributed by atoms with Gasteiger partial charge in [-0.25, -0.2) is 8.42 Å². The summed E-state index contributed by atoms with van der Waals surface area (Å²) in [6.45, 7) is 0. The SMILES string of the molecule is O=C1Nc2ccc(C(F)(F)F)cc2C1=Cc1oc2c(c1CS(=O)(=O)c1ccccc1)CCCC2. The Morgan fingerprint density at radius 1 is 1.03 bits per heavy atom. The predicted molar refractivity (Wildman–Crippen MR) is 121 cm³/mol. The Kier molecular flexibility index (Phi) is 5.39. The Balaban J connectivity index is 1.62. The van der Waals surface area contributed by atoms with E-state index in [0.29, 0.717) is 24.2 Å². The molecule has 2 aliphatic rings. The molecule has 1 aromatic heterocycles. The Morgan fingerprint density at radius 2 is 1.76 bits per heavy atom. The maximum absolute atomic E-state index is 13.3. The molecule has 1 aliphatic carbocycles. The van der Waals surface area contributed by atoms with E-state index in [9.17, 15) is 26.4 Å². The van der Waals surface area contributed by atoms with Crippen molar-refractivity contribution in [2.24, 2.45) is 0 Å². The maximum atomic E-state index is 13.3. The summed E-state index contributed by atoms with van der Waals surface area (Å²) >= 11 is 0. The molecule has 0 saturated carbocycles. The minimum atomic E-state index is -4.57. The molecule has 0 radical (unpaired) electrons. The van der Waals surface area contributed by atoms with Crippen molar-refractivity contribution in [3.05, 3.63) is 82.3 Å². The third-order valence-electron chi connectivity index (χ3n) is 6.15. The number of rotatable bonds is 4. The molecule has 2 aromatic carbocycles. The van der Waals surface area contributed by atoms with Gasteiger partial charge in [-0.05, 0) is 61.2 Å². The molecule has 0 spiro atoms. The minimum absolute atomic E-state index is 0.00514. The molecule has 1 aliphatic heterocycles. The van der Waals surface area contributed by atoms with Crippen molar-refractivity contribution in [1.29, 1.82) is 0 Å². The Bertz CT molecular complexity index is 1420. The first kappa shape index (κ1) is 22.5. The van der Waals surface area contributed by atoms with Crippen molar-refractivity contribution in [2.75, 3.05) is 5.32 Å². The summed E-state index contributed by atoms with van der Waals surface area (Å²) in [6.07, 6.45) is -0.153. The molecule has 2 heterocycles. The van der Waals surface area contributed by atoms with E-state index in [4.69, 9.17) is 4.42 Å². The summed E-state index contributed by atoms with van der Waals surface area (Å²) in [5.74, 6) is -0.0344. The van der Waals surface area contributed by atoms with Crippen molar-refractivity contribution in [1.82, 2.24) is 0 Å². The second-order valence-corrected chi connectivity index (χ2v) is 10.4. The van der Waals surface area contributed by atoms with Crippen LogP contribution >= 0.6 is 0 Å². The highest BCUT2D eigenvalue weighted by atomic mass is 32.2. The lowest BCUT2D eigenvalue weighted by Crippen LogP contribution is -2.09. The number of hydrogen-bond acceptors (Lipinski definition) is 4. The molecule has 0 saturated heterocycles. The molecule has 0 bridgehead atoms. The van der Waals surface area contributed by atoms with Crippen LogP contribution in [-0.2, 0) is 39.4 Å². The maximum Gasteiger partial charge on any atom is 0.416 e. The van der Waals surface area contributed by atoms with Crippen LogP contribution in [0.25, 0.3) is 11.6 Å². The van der Waals surface area contributed by atoms with Gasteiger partial charge in [-0.15, -0.1) is 0 Å². The van der Waals surface area contributed by atoms with Gasteiger partial charge in [0.15, 0.2) is 9.84 Å². The van der Waals surface area contributed by atoms with Crippen molar-refractivity contribution in [3.8, 4) is 0 Å². The van der Waals surface area contributed by atoms with Crippen LogP contribution in [0.15, 0.2) is 57.8 Å². The predicted octanol–water partition coefficient (Wildman–Crippen LogP) is 5.64. The van der Waals surface area contributed by atoms with Crippen LogP contribution in [-0.4, -0.2) is 14.3 Å². The number of nitrogens with one attached hydrogen (secondary N) is 1. The third-order valence-corrected chi connectivity index (χ3v) is 7.81. The highest BCUT2D eigenvalue weighted by molar-refractivity contribution is 7.90. The van der Waals surface area contributed by atoms with Gasteiger partial charge in [0.05, 0.1) is 21.8 Å². The van der Waals surface area contributed by atoms with Crippen molar-refractivity contribution < 1.29 is 30.8 Å². The Labute approximate surface area is 194 Å². The number of alkyl halides is 3. The van der Waals surface area contributed by atoms with E-state index < -0.39 is 27.5 Å². The van der Waals surface area contributed by atoms with Gasteiger partial charge in [-0.3, -0.25) is 4.79 Å². The lowest BCUT2D eigenvalue weighted by molar-refractivity contribution is -0.137. The van der Waals surface area contributed by atoms with Gasteiger partial charge in [0.1, 0.15) is 11.5 Å². The number of sulfone groups is 1. The molecule has 5 nitrogen and oxygen atoms in total. The monoisotopic (exact) mass is 487 g/mol. The van der Waals surface area contributed by atoms with Gasteiger partial charge in [-0.1, -0.05) is 18.2 Å². The fourth-order valence-corrected chi connectivity index (χ4v) is 5.90. The summed E-state index contributed by atoms with van der Waals surface area (Å²) in [5, 5.41) is 2.57. The van der Waals surface area contributed by atoms with Crippen LogP contribution in [0.3, 0.4) is 0 Å². The lowest BCUT2D eigenvalue weighted by Gasteiger charge is -2.11. The van der Waals surface area contributed by atoms with Gasteiger partial charge in [0.25, 0.3) is 5.91 Å². The van der Waals surface area contributed by atoms with Gasteiger partial charge >= 0.3 is 6.18 Å².